The normalized spacial score (nSPS) is 38.1. The fraction of sp³-hybridized carbons (Fsp3) is 0.947. The fourth-order valence-electron chi connectivity index (χ4n) is 10.2. The summed E-state index contributed by atoms with van der Waals surface area (Å²) >= 11 is 0. The summed E-state index contributed by atoms with van der Waals surface area (Å²) in [7, 11) is -5.87. The Morgan fingerprint density at radius 1 is 0.822 bits per heavy atom. The van der Waals surface area contributed by atoms with Gasteiger partial charge in [-0.05, 0) is 143 Å². The van der Waals surface area contributed by atoms with Crippen molar-refractivity contribution in [1.29, 1.82) is 0 Å². The van der Waals surface area contributed by atoms with Gasteiger partial charge < -0.3 is 18.4 Å². The van der Waals surface area contributed by atoms with Crippen molar-refractivity contribution < 1.29 is 18.4 Å². The van der Waals surface area contributed by atoms with E-state index in [0.717, 1.165) is 25.3 Å². The van der Waals surface area contributed by atoms with Crippen LogP contribution in [0.2, 0.25) is 55.4 Å². The Morgan fingerprint density at radius 2 is 1.40 bits per heavy atom. The van der Waals surface area contributed by atoms with E-state index in [1.54, 1.807) is 5.57 Å². The molecule has 0 aromatic carbocycles. The maximum Gasteiger partial charge on any atom is 0.192 e. The molecule has 0 aliphatic heterocycles. The Bertz CT molecular complexity index is 1100. The summed E-state index contributed by atoms with van der Waals surface area (Å²) in [5.74, 6) is 1.62. The van der Waals surface area contributed by atoms with E-state index >= 15 is 0 Å². The predicted octanol–water partition coefficient (Wildman–Crippen LogP) is 10.9. The third-order valence-corrected chi connectivity index (χ3v) is 26.0. The minimum atomic E-state index is -2.09. The first-order valence-corrected chi connectivity index (χ1v) is 27.5. The van der Waals surface area contributed by atoms with Gasteiger partial charge in [0.2, 0.25) is 0 Å². The van der Waals surface area contributed by atoms with Crippen molar-refractivity contribution in [2.45, 2.75) is 188 Å². The molecule has 0 unspecified atom stereocenters. The Kier molecular flexibility index (Phi) is 10.3. The summed E-state index contributed by atoms with van der Waals surface area (Å²) < 4.78 is 21.2. The zero-order valence-corrected chi connectivity index (χ0v) is 35.6. The summed E-state index contributed by atoms with van der Waals surface area (Å²) in [6.07, 6.45) is 11.8. The second-order valence-corrected chi connectivity index (χ2v) is 34.2. The SMILES string of the molecule is CC(C)O[Si](C)(C)C[C@]1(CO)C=C2C[C@@H](O[Si](C)(C)C(C)(C)C)CC[C@]2(C)[C@H]2CC[C@]3(C)[C@@H](O[Si](C)(C)C(C)(C)C)CC[C@H]3[C@@H]21. The molecule has 3 fully saturated rings. The topological polar surface area (TPSA) is 47.9 Å². The van der Waals surface area contributed by atoms with Crippen LogP contribution >= 0.6 is 0 Å². The summed E-state index contributed by atoms with van der Waals surface area (Å²) in [6, 6.07) is 0.990. The lowest BCUT2D eigenvalue weighted by atomic mass is 9.43. The molecule has 0 aromatic heterocycles. The Balaban J connectivity index is 1.78. The van der Waals surface area contributed by atoms with Gasteiger partial charge in [0, 0.05) is 17.6 Å². The second kappa shape index (κ2) is 12.2. The van der Waals surface area contributed by atoms with E-state index in [9.17, 15) is 5.11 Å². The maximum absolute atomic E-state index is 11.7. The summed E-state index contributed by atoms with van der Waals surface area (Å²) in [5.41, 5.74) is 1.69. The molecule has 262 valence electrons. The van der Waals surface area contributed by atoms with Crippen LogP contribution in [-0.2, 0) is 13.3 Å². The standard InChI is InChI=1S/C38H74O4Si3/c1-27(2)40-43(11,12)26-38(25-39)24-28-23-29(41-44(13,14)34(3,4)5)19-21-36(28,9)31-20-22-37(10)30(33(31)38)17-18-32(37)42-45(15,16)35(6,7)8/h24,27,29-33,39H,17-23,25-26H2,1-16H3/t29-,30-,31-,32-,33-,36-,37-,38+/m0/s1. The van der Waals surface area contributed by atoms with Gasteiger partial charge >= 0.3 is 0 Å². The van der Waals surface area contributed by atoms with Gasteiger partial charge in [0.25, 0.3) is 0 Å². The van der Waals surface area contributed by atoms with Crippen molar-refractivity contribution in [2.75, 3.05) is 6.61 Å². The molecule has 3 saturated carbocycles. The molecular weight excluding hydrogens is 605 g/mol. The van der Waals surface area contributed by atoms with Crippen molar-refractivity contribution in [2.24, 2.45) is 34.0 Å². The van der Waals surface area contributed by atoms with Crippen molar-refractivity contribution in [3.05, 3.63) is 11.6 Å². The highest BCUT2D eigenvalue weighted by Gasteiger charge is 2.66. The number of aliphatic hydroxyl groups excluding tert-OH is 1. The highest BCUT2D eigenvalue weighted by Crippen LogP contribution is 2.70. The minimum absolute atomic E-state index is 0.159. The van der Waals surface area contributed by atoms with Gasteiger partial charge in [-0.2, -0.15) is 0 Å². The van der Waals surface area contributed by atoms with Gasteiger partial charge in [-0.15, -0.1) is 0 Å². The first-order chi connectivity index (χ1) is 20.2. The Labute approximate surface area is 282 Å². The third kappa shape index (κ3) is 6.99. The molecule has 0 saturated heterocycles. The molecule has 45 heavy (non-hydrogen) atoms. The maximum atomic E-state index is 11.7. The van der Waals surface area contributed by atoms with Crippen molar-refractivity contribution in [1.82, 2.24) is 0 Å². The van der Waals surface area contributed by atoms with Gasteiger partial charge in [0.15, 0.2) is 25.0 Å². The minimum Gasteiger partial charge on any atom is -0.415 e. The molecule has 0 heterocycles. The third-order valence-electron chi connectivity index (χ3n) is 14.4. The van der Waals surface area contributed by atoms with E-state index in [-0.39, 0.29) is 45.1 Å². The van der Waals surface area contributed by atoms with Gasteiger partial charge in [0.05, 0.1) is 12.7 Å². The van der Waals surface area contributed by atoms with Crippen LogP contribution in [0.25, 0.3) is 0 Å². The van der Waals surface area contributed by atoms with E-state index in [1.807, 2.05) is 0 Å². The van der Waals surface area contributed by atoms with E-state index in [2.05, 4.69) is 115 Å². The molecule has 0 aromatic rings. The molecule has 0 spiro atoms. The van der Waals surface area contributed by atoms with Crippen LogP contribution in [0, 0.1) is 34.0 Å². The Morgan fingerprint density at radius 3 is 1.93 bits per heavy atom. The van der Waals surface area contributed by atoms with Crippen molar-refractivity contribution >= 4 is 25.0 Å². The summed E-state index contributed by atoms with van der Waals surface area (Å²) in [5, 5.41) is 12.2. The first kappa shape index (κ1) is 38.0. The van der Waals surface area contributed by atoms with E-state index in [0.29, 0.717) is 23.9 Å². The highest BCUT2D eigenvalue weighted by molar-refractivity contribution is 6.74. The van der Waals surface area contributed by atoms with Crippen molar-refractivity contribution in [3.8, 4) is 0 Å². The molecular formula is C38H74O4Si3. The zero-order chi connectivity index (χ0) is 34.2. The Hall–Kier alpha value is 0.231. The second-order valence-electron chi connectivity index (χ2n) is 20.6. The lowest BCUT2D eigenvalue weighted by molar-refractivity contribution is -0.116. The molecule has 4 aliphatic carbocycles. The summed E-state index contributed by atoms with van der Waals surface area (Å²) in [6.45, 7) is 38.5. The smallest absolute Gasteiger partial charge is 0.192 e. The van der Waals surface area contributed by atoms with Crippen LogP contribution in [0.15, 0.2) is 11.6 Å². The molecule has 0 bridgehead atoms. The molecule has 0 amide bonds. The fourth-order valence-corrected chi connectivity index (χ4v) is 16.4. The van der Waals surface area contributed by atoms with Gasteiger partial charge in [-0.25, -0.2) is 0 Å². The quantitative estimate of drug-likeness (QED) is 0.195. The largest absolute Gasteiger partial charge is 0.415 e. The highest BCUT2D eigenvalue weighted by atomic mass is 28.4. The number of aliphatic hydroxyl groups is 1. The van der Waals surface area contributed by atoms with Crippen molar-refractivity contribution in [3.63, 3.8) is 0 Å². The number of fused-ring (bicyclic) bond motifs is 5. The van der Waals surface area contributed by atoms with Crippen LogP contribution in [-0.4, -0.2) is 55.0 Å². The molecule has 1 N–H and O–H groups in total. The van der Waals surface area contributed by atoms with Gasteiger partial charge in [-0.3, -0.25) is 0 Å². The number of rotatable bonds is 9. The first-order valence-electron chi connectivity index (χ1n) is 18.6. The van der Waals surface area contributed by atoms with E-state index in [4.69, 9.17) is 13.3 Å². The van der Waals surface area contributed by atoms with E-state index < -0.39 is 25.0 Å². The van der Waals surface area contributed by atoms with Gasteiger partial charge in [-0.1, -0.05) is 67.0 Å². The average Bonchev–Trinajstić information content (AvgIpc) is 3.17. The average molecular weight is 679 g/mol. The van der Waals surface area contributed by atoms with Crippen LogP contribution in [0.3, 0.4) is 0 Å². The summed E-state index contributed by atoms with van der Waals surface area (Å²) in [4.78, 5) is 0. The van der Waals surface area contributed by atoms with Crippen LogP contribution in [0.4, 0.5) is 0 Å². The molecule has 8 atom stereocenters. The number of hydrogen-bond acceptors (Lipinski definition) is 4. The molecule has 0 radical (unpaired) electrons. The molecule has 7 heteroatoms. The van der Waals surface area contributed by atoms with Crippen LogP contribution in [0.5, 0.6) is 0 Å². The van der Waals surface area contributed by atoms with Gasteiger partial charge in [0.1, 0.15) is 0 Å². The predicted molar refractivity (Wildman–Crippen MR) is 199 cm³/mol. The molecule has 4 rings (SSSR count). The number of hydrogen-bond donors (Lipinski definition) is 1. The molecule has 4 nitrogen and oxygen atoms in total. The monoisotopic (exact) mass is 678 g/mol. The van der Waals surface area contributed by atoms with E-state index in [1.165, 1.54) is 25.7 Å². The zero-order valence-electron chi connectivity index (χ0n) is 32.6. The van der Waals surface area contributed by atoms with Crippen LogP contribution in [0.1, 0.15) is 114 Å². The lowest BCUT2D eigenvalue weighted by Crippen LogP contribution is -2.60. The molecule has 4 aliphatic rings. The van der Waals surface area contributed by atoms with Crippen LogP contribution < -0.4 is 0 Å². The lowest BCUT2D eigenvalue weighted by Gasteiger charge is -2.64.